The van der Waals surface area contributed by atoms with Crippen LogP contribution in [0.3, 0.4) is 0 Å². The molecule has 1 nitrogen and oxygen atoms in total. The van der Waals surface area contributed by atoms with Crippen molar-refractivity contribution in [3.63, 3.8) is 0 Å². The second-order valence-corrected chi connectivity index (χ2v) is 5.89. The molecule has 1 aliphatic carbocycles. The molecule has 118 valence electrons. The van der Waals surface area contributed by atoms with E-state index in [9.17, 15) is 4.39 Å². The molecule has 0 N–H and O–H groups in total. The molecule has 1 fully saturated rings. The van der Waals surface area contributed by atoms with Crippen molar-refractivity contribution < 1.29 is 9.13 Å². The van der Waals surface area contributed by atoms with Crippen LogP contribution in [0.2, 0.25) is 0 Å². The van der Waals surface area contributed by atoms with Crippen molar-refractivity contribution in [3.8, 4) is 17.6 Å². The van der Waals surface area contributed by atoms with Crippen LogP contribution in [0.5, 0.6) is 5.75 Å². The monoisotopic (exact) mass is 300 g/mol. The molecular weight excluding hydrogens is 275 g/mol. The average Bonchev–Trinajstić information content (AvgIpc) is 2.54. The summed E-state index contributed by atoms with van der Waals surface area (Å²) in [5, 5.41) is 0. The lowest BCUT2D eigenvalue weighted by molar-refractivity contribution is 0.304. The van der Waals surface area contributed by atoms with E-state index in [0.717, 1.165) is 5.92 Å². The maximum absolute atomic E-state index is 13.8. The third-order valence-corrected chi connectivity index (χ3v) is 4.38. The van der Waals surface area contributed by atoms with Crippen LogP contribution in [0.15, 0.2) is 30.4 Å². The van der Waals surface area contributed by atoms with E-state index in [4.69, 9.17) is 4.74 Å². The molecule has 1 aromatic carbocycles. The first-order valence-electron chi connectivity index (χ1n) is 8.33. The highest BCUT2D eigenvalue weighted by atomic mass is 19.1. The Bertz CT molecular complexity index is 557. The predicted molar refractivity (Wildman–Crippen MR) is 89.3 cm³/mol. The Morgan fingerprint density at radius 3 is 2.64 bits per heavy atom. The molecule has 1 saturated carbocycles. The zero-order chi connectivity index (χ0) is 15.8. The van der Waals surface area contributed by atoms with Gasteiger partial charge in [-0.15, -0.1) is 0 Å². The van der Waals surface area contributed by atoms with Crippen molar-refractivity contribution in [1.29, 1.82) is 0 Å². The molecule has 1 aromatic rings. The van der Waals surface area contributed by atoms with Crippen molar-refractivity contribution in [2.75, 3.05) is 6.61 Å². The van der Waals surface area contributed by atoms with Crippen LogP contribution in [0.1, 0.15) is 51.5 Å². The third-order valence-electron chi connectivity index (χ3n) is 4.38. The van der Waals surface area contributed by atoms with Crippen molar-refractivity contribution in [1.82, 2.24) is 0 Å². The summed E-state index contributed by atoms with van der Waals surface area (Å²) >= 11 is 0. The minimum Gasteiger partial charge on any atom is -0.494 e. The summed E-state index contributed by atoms with van der Waals surface area (Å²) in [5.74, 6) is 7.61. The summed E-state index contributed by atoms with van der Waals surface area (Å²) in [6, 6.07) is 4.82. The smallest absolute Gasteiger partial charge is 0.142 e. The second-order valence-electron chi connectivity index (χ2n) is 5.89. The topological polar surface area (TPSA) is 9.23 Å². The SMILES string of the molecule is CCOc1ccc(C#C/C=C/C2CCC(CC)CC2)c(F)c1. The summed E-state index contributed by atoms with van der Waals surface area (Å²) in [4.78, 5) is 0. The van der Waals surface area contributed by atoms with Crippen LogP contribution in [-0.2, 0) is 0 Å². The fourth-order valence-electron chi connectivity index (χ4n) is 2.95. The van der Waals surface area contributed by atoms with Gasteiger partial charge in [-0.1, -0.05) is 31.3 Å². The van der Waals surface area contributed by atoms with Crippen LogP contribution >= 0.6 is 0 Å². The Morgan fingerprint density at radius 1 is 1.23 bits per heavy atom. The average molecular weight is 300 g/mol. The van der Waals surface area contributed by atoms with E-state index in [1.807, 2.05) is 13.0 Å². The lowest BCUT2D eigenvalue weighted by Crippen LogP contribution is -2.11. The molecule has 0 saturated heterocycles. The van der Waals surface area contributed by atoms with Gasteiger partial charge in [0.15, 0.2) is 0 Å². The number of halogens is 1. The van der Waals surface area contributed by atoms with Crippen LogP contribution in [0.4, 0.5) is 4.39 Å². The fraction of sp³-hybridized carbons (Fsp3) is 0.500. The van der Waals surface area contributed by atoms with Gasteiger partial charge in [0.25, 0.3) is 0 Å². The van der Waals surface area contributed by atoms with Gasteiger partial charge in [0.05, 0.1) is 12.2 Å². The minimum atomic E-state index is -0.324. The van der Waals surface area contributed by atoms with Gasteiger partial charge in [-0.2, -0.15) is 0 Å². The molecule has 2 rings (SSSR count). The molecule has 22 heavy (non-hydrogen) atoms. The van der Waals surface area contributed by atoms with Gasteiger partial charge in [0, 0.05) is 6.07 Å². The predicted octanol–water partition coefficient (Wildman–Crippen LogP) is 5.35. The van der Waals surface area contributed by atoms with E-state index in [1.54, 1.807) is 12.1 Å². The number of ether oxygens (including phenoxy) is 1. The fourth-order valence-corrected chi connectivity index (χ4v) is 2.95. The summed E-state index contributed by atoms with van der Waals surface area (Å²) in [7, 11) is 0. The second kappa shape index (κ2) is 8.63. The summed E-state index contributed by atoms with van der Waals surface area (Å²) < 4.78 is 19.1. The third kappa shape index (κ3) is 4.91. The standard InChI is InChI=1S/C20H25FO/c1-3-16-9-11-17(12-10-16)7-5-6-8-18-13-14-19(22-4-2)15-20(18)21/h5,7,13-17H,3-4,9-12H2,1-2H3/b7-5+. The molecule has 2 heteroatoms. The largest absolute Gasteiger partial charge is 0.494 e. The van der Waals surface area contributed by atoms with Crippen LogP contribution < -0.4 is 4.74 Å². The van der Waals surface area contributed by atoms with E-state index >= 15 is 0 Å². The van der Waals surface area contributed by atoms with E-state index in [0.29, 0.717) is 23.8 Å². The van der Waals surface area contributed by atoms with Gasteiger partial charge >= 0.3 is 0 Å². The first kappa shape index (κ1) is 16.6. The Kier molecular flexibility index (Phi) is 6.52. The zero-order valence-electron chi connectivity index (χ0n) is 13.6. The van der Waals surface area contributed by atoms with E-state index < -0.39 is 0 Å². The quantitative estimate of drug-likeness (QED) is 0.681. The van der Waals surface area contributed by atoms with Crippen LogP contribution in [0.25, 0.3) is 0 Å². The van der Waals surface area contributed by atoms with E-state index in [2.05, 4.69) is 24.8 Å². The highest BCUT2D eigenvalue weighted by molar-refractivity contribution is 5.41. The number of benzene rings is 1. The first-order valence-corrected chi connectivity index (χ1v) is 8.33. The van der Waals surface area contributed by atoms with Gasteiger partial charge in [-0.3, -0.25) is 0 Å². The normalized spacial score (nSPS) is 21.4. The maximum Gasteiger partial charge on any atom is 0.142 e. The minimum absolute atomic E-state index is 0.324. The van der Waals surface area contributed by atoms with Gasteiger partial charge in [-0.25, -0.2) is 4.39 Å². The number of hydrogen-bond donors (Lipinski definition) is 0. The molecule has 0 atom stereocenters. The molecule has 0 aliphatic heterocycles. The molecule has 0 unspecified atom stereocenters. The van der Waals surface area contributed by atoms with Crippen molar-refractivity contribution in [2.45, 2.75) is 46.0 Å². The van der Waals surface area contributed by atoms with Gasteiger partial charge < -0.3 is 4.74 Å². The Hall–Kier alpha value is -1.75. The lowest BCUT2D eigenvalue weighted by Gasteiger charge is -2.25. The highest BCUT2D eigenvalue weighted by Gasteiger charge is 2.17. The van der Waals surface area contributed by atoms with Gasteiger partial charge in [0.1, 0.15) is 11.6 Å². The number of allylic oxidation sites excluding steroid dienone is 2. The summed E-state index contributed by atoms with van der Waals surface area (Å²) in [5.41, 5.74) is 0.419. The molecule has 0 amide bonds. The molecule has 0 radical (unpaired) electrons. The lowest BCUT2D eigenvalue weighted by atomic mass is 9.81. The molecule has 1 aliphatic rings. The van der Waals surface area contributed by atoms with Crippen molar-refractivity contribution >= 4 is 0 Å². The van der Waals surface area contributed by atoms with Gasteiger partial charge in [-0.05, 0) is 62.7 Å². The molecular formula is C20H25FO. The van der Waals surface area contributed by atoms with Gasteiger partial charge in [0.2, 0.25) is 0 Å². The Balaban J connectivity index is 1.89. The van der Waals surface area contributed by atoms with Crippen LogP contribution in [-0.4, -0.2) is 6.61 Å². The van der Waals surface area contributed by atoms with Crippen molar-refractivity contribution in [3.05, 3.63) is 41.7 Å². The number of rotatable bonds is 4. The highest BCUT2D eigenvalue weighted by Crippen LogP contribution is 2.31. The molecule has 0 bridgehead atoms. The van der Waals surface area contributed by atoms with E-state index in [-0.39, 0.29) is 5.82 Å². The molecule has 0 spiro atoms. The van der Waals surface area contributed by atoms with E-state index in [1.165, 1.54) is 38.2 Å². The van der Waals surface area contributed by atoms with Crippen LogP contribution in [0, 0.1) is 29.5 Å². The number of hydrogen-bond acceptors (Lipinski definition) is 1. The molecule has 0 heterocycles. The summed E-state index contributed by atoms with van der Waals surface area (Å²) in [6.45, 7) is 4.69. The molecule has 0 aromatic heterocycles. The zero-order valence-corrected chi connectivity index (χ0v) is 13.6. The summed E-state index contributed by atoms with van der Waals surface area (Å²) in [6.07, 6.45) is 10.5. The van der Waals surface area contributed by atoms with Crippen molar-refractivity contribution in [2.24, 2.45) is 11.8 Å². The first-order chi connectivity index (χ1) is 10.7. The maximum atomic E-state index is 13.8. The Morgan fingerprint density at radius 2 is 2.00 bits per heavy atom. The Labute approximate surface area is 133 Å².